The summed E-state index contributed by atoms with van der Waals surface area (Å²) in [5.74, 6) is -0.251. The molecule has 0 aliphatic carbocycles. The van der Waals surface area contributed by atoms with E-state index in [4.69, 9.17) is 4.74 Å². The van der Waals surface area contributed by atoms with Crippen LogP contribution in [0.1, 0.15) is 20.8 Å². The minimum absolute atomic E-state index is 0.251. The van der Waals surface area contributed by atoms with Gasteiger partial charge >= 0.3 is 12.5 Å². The third-order valence-electron chi connectivity index (χ3n) is 3.37. The zero-order valence-electron chi connectivity index (χ0n) is 13.9. The maximum atomic E-state index is 12.2. The molecule has 2 rings (SSSR count). The summed E-state index contributed by atoms with van der Waals surface area (Å²) in [6, 6.07) is 5.71. The summed E-state index contributed by atoms with van der Waals surface area (Å²) in [5, 5.41) is 0. The van der Waals surface area contributed by atoms with E-state index in [1.54, 1.807) is 17.0 Å². The van der Waals surface area contributed by atoms with Crippen LogP contribution in [0.5, 0.6) is 5.75 Å². The van der Waals surface area contributed by atoms with E-state index in [9.17, 15) is 18.0 Å². The van der Waals surface area contributed by atoms with Crippen molar-refractivity contribution < 1.29 is 27.4 Å². The van der Waals surface area contributed by atoms with E-state index in [1.165, 1.54) is 12.1 Å². The molecule has 0 N–H and O–H groups in total. The fraction of sp³-hybridized carbons (Fsp3) is 0.562. The standard InChI is InChI=1S/C16H21F3N2O3/c1-15(2,3)24-14(22)21-10-8-20(9-11-21)12-4-6-13(7-5-12)23-16(17,18)19/h4-7H,8-11H2,1-3H3. The van der Waals surface area contributed by atoms with Crippen molar-refractivity contribution in [1.82, 2.24) is 4.90 Å². The first-order valence-electron chi connectivity index (χ1n) is 7.62. The van der Waals surface area contributed by atoms with Crippen molar-refractivity contribution in [2.75, 3.05) is 31.1 Å². The molecular formula is C16H21F3N2O3. The van der Waals surface area contributed by atoms with Gasteiger partial charge in [0.15, 0.2) is 0 Å². The molecule has 24 heavy (non-hydrogen) atoms. The van der Waals surface area contributed by atoms with Crippen LogP contribution in [0, 0.1) is 0 Å². The normalized spacial score (nSPS) is 16.1. The first-order valence-corrected chi connectivity index (χ1v) is 7.62. The third kappa shape index (κ3) is 5.50. The van der Waals surface area contributed by atoms with Gasteiger partial charge in [-0.1, -0.05) is 0 Å². The number of hydrogen-bond donors (Lipinski definition) is 0. The number of ether oxygens (including phenoxy) is 2. The minimum atomic E-state index is -4.69. The fourth-order valence-electron chi connectivity index (χ4n) is 2.33. The van der Waals surface area contributed by atoms with Crippen molar-refractivity contribution in [1.29, 1.82) is 0 Å². The molecule has 0 atom stereocenters. The van der Waals surface area contributed by atoms with Gasteiger partial charge in [-0.15, -0.1) is 13.2 Å². The van der Waals surface area contributed by atoms with Crippen molar-refractivity contribution in [2.45, 2.75) is 32.7 Å². The minimum Gasteiger partial charge on any atom is -0.444 e. The smallest absolute Gasteiger partial charge is 0.444 e. The second-order valence-corrected chi connectivity index (χ2v) is 6.50. The Hall–Kier alpha value is -2.12. The molecule has 1 aromatic rings. The summed E-state index contributed by atoms with van der Waals surface area (Å²) < 4.78 is 45.6. The highest BCUT2D eigenvalue weighted by molar-refractivity contribution is 5.68. The summed E-state index contributed by atoms with van der Waals surface area (Å²) >= 11 is 0. The molecule has 0 saturated carbocycles. The Labute approximate surface area is 138 Å². The van der Waals surface area contributed by atoms with Crippen molar-refractivity contribution in [2.24, 2.45) is 0 Å². The quantitative estimate of drug-likeness (QED) is 0.820. The molecule has 1 amide bonds. The van der Waals surface area contributed by atoms with Crippen molar-refractivity contribution in [3.05, 3.63) is 24.3 Å². The topological polar surface area (TPSA) is 42.0 Å². The van der Waals surface area contributed by atoms with Gasteiger partial charge in [-0.2, -0.15) is 0 Å². The van der Waals surface area contributed by atoms with Gasteiger partial charge in [0.25, 0.3) is 0 Å². The molecule has 0 aromatic heterocycles. The zero-order valence-corrected chi connectivity index (χ0v) is 13.9. The first-order chi connectivity index (χ1) is 11.0. The monoisotopic (exact) mass is 346 g/mol. The number of carbonyl (C=O) groups is 1. The number of piperazine rings is 1. The maximum absolute atomic E-state index is 12.2. The van der Waals surface area contributed by atoms with Crippen molar-refractivity contribution >= 4 is 11.8 Å². The number of alkyl halides is 3. The largest absolute Gasteiger partial charge is 0.573 e. The number of hydrogen-bond acceptors (Lipinski definition) is 4. The molecular weight excluding hydrogens is 325 g/mol. The number of halogens is 3. The van der Waals surface area contributed by atoms with E-state index in [1.807, 2.05) is 25.7 Å². The van der Waals surface area contributed by atoms with Gasteiger partial charge in [0.1, 0.15) is 11.4 Å². The lowest BCUT2D eigenvalue weighted by molar-refractivity contribution is -0.274. The lowest BCUT2D eigenvalue weighted by Crippen LogP contribution is -2.50. The van der Waals surface area contributed by atoms with Gasteiger partial charge in [0.2, 0.25) is 0 Å². The van der Waals surface area contributed by atoms with Crippen molar-refractivity contribution in [3.8, 4) is 5.75 Å². The van der Waals surface area contributed by atoms with Gasteiger partial charge in [-0.3, -0.25) is 0 Å². The summed E-state index contributed by atoms with van der Waals surface area (Å²) in [7, 11) is 0. The second kappa shape index (κ2) is 6.78. The molecule has 0 unspecified atom stereocenters. The molecule has 1 heterocycles. The molecule has 0 spiro atoms. The van der Waals surface area contributed by atoms with E-state index in [0.29, 0.717) is 26.2 Å². The molecule has 1 aromatic carbocycles. The second-order valence-electron chi connectivity index (χ2n) is 6.50. The molecule has 0 radical (unpaired) electrons. The molecule has 5 nitrogen and oxygen atoms in total. The third-order valence-corrected chi connectivity index (χ3v) is 3.37. The number of amides is 1. The summed E-state index contributed by atoms with van der Waals surface area (Å²) in [6.45, 7) is 7.59. The van der Waals surface area contributed by atoms with Gasteiger partial charge in [-0.25, -0.2) is 4.79 Å². The van der Waals surface area contributed by atoms with E-state index >= 15 is 0 Å². The molecule has 1 aliphatic rings. The number of nitrogens with zero attached hydrogens (tertiary/aromatic N) is 2. The molecule has 1 saturated heterocycles. The van der Waals surface area contributed by atoms with E-state index in [0.717, 1.165) is 5.69 Å². The summed E-state index contributed by atoms with van der Waals surface area (Å²) in [5.41, 5.74) is 0.246. The number of anilines is 1. The Morgan fingerprint density at radius 1 is 1.00 bits per heavy atom. The molecule has 8 heteroatoms. The Kier molecular flexibility index (Phi) is 5.15. The molecule has 1 aliphatic heterocycles. The Morgan fingerprint density at radius 3 is 2.00 bits per heavy atom. The van der Waals surface area contributed by atoms with Crippen LogP contribution < -0.4 is 9.64 Å². The van der Waals surface area contributed by atoms with Crippen LogP contribution in [-0.2, 0) is 4.74 Å². The van der Waals surface area contributed by atoms with Crippen LogP contribution in [-0.4, -0.2) is 49.1 Å². The summed E-state index contributed by atoms with van der Waals surface area (Å²) in [6.07, 6.45) is -5.04. The average Bonchev–Trinajstić information content (AvgIpc) is 2.45. The maximum Gasteiger partial charge on any atom is 0.573 e. The highest BCUT2D eigenvalue weighted by Gasteiger charge is 2.31. The predicted octanol–water partition coefficient (Wildman–Crippen LogP) is 3.64. The van der Waals surface area contributed by atoms with Crippen molar-refractivity contribution in [3.63, 3.8) is 0 Å². The number of carbonyl (C=O) groups excluding carboxylic acids is 1. The molecule has 1 fully saturated rings. The Morgan fingerprint density at radius 2 is 1.54 bits per heavy atom. The fourth-order valence-corrected chi connectivity index (χ4v) is 2.33. The van der Waals surface area contributed by atoms with Gasteiger partial charge in [0, 0.05) is 31.9 Å². The Bertz CT molecular complexity index is 559. The lowest BCUT2D eigenvalue weighted by atomic mass is 10.2. The Balaban J connectivity index is 1.89. The van der Waals surface area contributed by atoms with Gasteiger partial charge < -0.3 is 19.3 Å². The van der Waals surface area contributed by atoms with Crippen LogP contribution in [0.2, 0.25) is 0 Å². The first kappa shape index (κ1) is 18.2. The van der Waals surface area contributed by atoms with E-state index < -0.39 is 12.0 Å². The SMILES string of the molecule is CC(C)(C)OC(=O)N1CCN(c2ccc(OC(F)(F)F)cc2)CC1. The van der Waals surface area contributed by atoms with E-state index in [2.05, 4.69) is 4.74 Å². The van der Waals surface area contributed by atoms with Crippen LogP contribution in [0.4, 0.5) is 23.7 Å². The lowest BCUT2D eigenvalue weighted by Gasteiger charge is -2.36. The van der Waals surface area contributed by atoms with Gasteiger partial charge in [-0.05, 0) is 45.0 Å². The summed E-state index contributed by atoms with van der Waals surface area (Å²) in [4.78, 5) is 15.6. The highest BCUT2D eigenvalue weighted by atomic mass is 19.4. The molecule has 134 valence electrons. The van der Waals surface area contributed by atoms with Crippen LogP contribution in [0.3, 0.4) is 0 Å². The average molecular weight is 346 g/mol. The van der Waals surface area contributed by atoms with E-state index in [-0.39, 0.29) is 11.8 Å². The highest BCUT2D eigenvalue weighted by Crippen LogP contribution is 2.26. The van der Waals surface area contributed by atoms with Crippen LogP contribution in [0.15, 0.2) is 24.3 Å². The van der Waals surface area contributed by atoms with Crippen LogP contribution >= 0.6 is 0 Å². The molecule has 0 bridgehead atoms. The number of benzene rings is 1. The number of rotatable bonds is 2. The zero-order chi connectivity index (χ0) is 18.0. The van der Waals surface area contributed by atoms with Crippen LogP contribution in [0.25, 0.3) is 0 Å². The predicted molar refractivity (Wildman–Crippen MR) is 83.1 cm³/mol. The van der Waals surface area contributed by atoms with Gasteiger partial charge in [0.05, 0.1) is 0 Å².